The highest BCUT2D eigenvalue weighted by Crippen LogP contribution is 2.08. The first-order chi connectivity index (χ1) is 8.04. The predicted molar refractivity (Wildman–Crippen MR) is 61.8 cm³/mol. The van der Waals surface area contributed by atoms with Gasteiger partial charge in [-0.3, -0.25) is 9.59 Å². The van der Waals surface area contributed by atoms with E-state index in [1.54, 1.807) is 19.1 Å². The molecule has 1 rings (SSSR count). The van der Waals surface area contributed by atoms with Crippen molar-refractivity contribution in [1.29, 1.82) is 0 Å². The Bertz CT molecular complexity index is 397. The minimum absolute atomic E-state index is 0.127. The van der Waals surface area contributed by atoms with Gasteiger partial charge in [0, 0.05) is 6.54 Å². The van der Waals surface area contributed by atoms with Gasteiger partial charge in [0.25, 0.3) is 5.91 Å². The van der Waals surface area contributed by atoms with Crippen LogP contribution in [0, 0.1) is 12.8 Å². The molecule has 0 aliphatic heterocycles. The van der Waals surface area contributed by atoms with Crippen LogP contribution in [0.4, 0.5) is 0 Å². The normalized spacial score (nSPS) is 12.1. The maximum absolute atomic E-state index is 11.6. The van der Waals surface area contributed by atoms with Crippen LogP contribution >= 0.6 is 0 Å². The van der Waals surface area contributed by atoms with Gasteiger partial charge >= 0.3 is 5.97 Å². The van der Waals surface area contributed by atoms with Crippen molar-refractivity contribution in [2.24, 2.45) is 5.92 Å². The summed E-state index contributed by atoms with van der Waals surface area (Å²) in [5.41, 5.74) is 0. The van der Waals surface area contributed by atoms with Gasteiger partial charge in [0.2, 0.25) is 0 Å². The number of hydrogen-bond donors (Lipinski definition) is 2. The number of carbonyl (C=O) groups is 2. The Morgan fingerprint density at radius 1 is 1.47 bits per heavy atom. The SMILES string of the molecule is CCCC(CNC(=O)c1ccc(C)o1)C(=O)O. The molecule has 0 aliphatic rings. The smallest absolute Gasteiger partial charge is 0.308 e. The highest BCUT2D eigenvalue weighted by Gasteiger charge is 2.18. The lowest BCUT2D eigenvalue weighted by Crippen LogP contribution is -2.32. The van der Waals surface area contributed by atoms with Crippen LogP contribution in [0.25, 0.3) is 0 Å². The van der Waals surface area contributed by atoms with Crippen molar-refractivity contribution >= 4 is 11.9 Å². The van der Waals surface area contributed by atoms with Crippen molar-refractivity contribution in [1.82, 2.24) is 5.32 Å². The van der Waals surface area contributed by atoms with Crippen molar-refractivity contribution in [3.63, 3.8) is 0 Å². The summed E-state index contributed by atoms with van der Waals surface area (Å²) in [6, 6.07) is 3.26. The number of carboxylic acid groups (broad SMARTS) is 1. The molecule has 0 spiro atoms. The number of carbonyl (C=O) groups excluding carboxylic acids is 1. The Labute approximate surface area is 99.8 Å². The van der Waals surface area contributed by atoms with Gasteiger partial charge in [0.15, 0.2) is 5.76 Å². The highest BCUT2D eigenvalue weighted by molar-refractivity contribution is 5.91. The Hall–Kier alpha value is -1.78. The van der Waals surface area contributed by atoms with Gasteiger partial charge in [0.05, 0.1) is 5.92 Å². The first-order valence-corrected chi connectivity index (χ1v) is 5.62. The third-order valence-corrected chi connectivity index (χ3v) is 2.46. The van der Waals surface area contributed by atoms with Crippen molar-refractivity contribution < 1.29 is 19.1 Å². The van der Waals surface area contributed by atoms with Crippen LogP contribution in [0.1, 0.15) is 36.1 Å². The van der Waals surface area contributed by atoms with E-state index in [1.165, 1.54) is 0 Å². The second kappa shape index (κ2) is 6.08. The number of furan rings is 1. The zero-order valence-corrected chi connectivity index (χ0v) is 10.0. The average molecular weight is 239 g/mol. The highest BCUT2D eigenvalue weighted by atomic mass is 16.4. The lowest BCUT2D eigenvalue weighted by atomic mass is 10.0. The molecule has 0 saturated carbocycles. The van der Waals surface area contributed by atoms with Gasteiger partial charge in [0.1, 0.15) is 5.76 Å². The summed E-state index contributed by atoms with van der Waals surface area (Å²) in [6.45, 7) is 3.78. The second-order valence-electron chi connectivity index (χ2n) is 3.94. The predicted octanol–water partition coefficient (Wildman–Crippen LogP) is 1.82. The fourth-order valence-corrected chi connectivity index (χ4v) is 1.52. The maximum atomic E-state index is 11.6. The van der Waals surface area contributed by atoms with Crippen LogP contribution < -0.4 is 5.32 Å². The molecule has 2 N–H and O–H groups in total. The fraction of sp³-hybridized carbons (Fsp3) is 0.500. The minimum Gasteiger partial charge on any atom is -0.481 e. The summed E-state index contributed by atoms with van der Waals surface area (Å²) >= 11 is 0. The number of amides is 1. The quantitative estimate of drug-likeness (QED) is 0.793. The topological polar surface area (TPSA) is 79.5 Å². The average Bonchev–Trinajstić information content (AvgIpc) is 2.70. The van der Waals surface area contributed by atoms with Gasteiger partial charge in [-0.2, -0.15) is 0 Å². The van der Waals surface area contributed by atoms with E-state index in [0.717, 1.165) is 6.42 Å². The number of carboxylic acids is 1. The molecule has 0 aliphatic carbocycles. The Balaban J connectivity index is 2.49. The second-order valence-corrected chi connectivity index (χ2v) is 3.94. The van der Waals surface area contributed by atoms with E-state index in [1.807, 2.05) is 6.92 Å². The molecule has 0 bridgehead atoms. The van der Waals surface area contributed by atoms with E-state index < -0.39 is 11.9 Å². The molecule has 1 unspecified atom stereocenters. The molecule has 5 heteroatoms. The van der Waals surface area contributed by atoms with Crippen LogP contribution in [0.2, 0.25) is 0 Å². The molecule has 1 aromatic heterocycles. The zero-order valence-electron chi connectivity index (χ0n) is 10.0. The zero-order chi connectivity index (χ0) is 12.8. The van der Waals surface area contributed by atoms with E-state index in [0.29, 0.717) is 12.2 Å². The van der Waals surface area contributed by atoms with Crippen molar-refractivity contribution in [3.05, 3.63) is 23.7 Å². The largest absolute Gasteiger partial charge is 0.481 e. The van der Waals surface area contributed by atoms with Crippen LogP contribution in [0.3, 0.4) is 0 Å². The summed E-state index contributed by atoms with van der Waals surface area (Å²) in [4.78, 5) is 22.5. The standard InChI is InChI=1S/C12H17NO4/c1-3-4-9(12(15)16)7-13-11(14)10-6-5-8(2)17-10/h5-6,9H,3-4,7H2,1-2H3,(H,13,14)(H,15,16). The van der Waals surface area contributed by atoms with Gasteiger partial charge in [-0.15, -0.1) is 0 Å². The van der Waals surface area contributed by atoms with Crippen LogP contribution in [-0.4, -0.2) is 23.5 Å². The van der Waals surface area contributed by atoms with Crippen LogP contribution in [0.5, 0.6) is 0 Å². The summed E-state index contributed by atoms with van der Waals surface area (Å²) in [7, 11) is 0. The third-order valence-electron chi connectivity index (χ3n) is 2.46. The molecule has 5 nitrogen and oxygen atoms in total. The lowest BCUT2D eigenvalue weighted by Gasteiger charge is -2.11. The molecule has 1 amide bonds. The van der Waals surface area contributed by atoms with Gasteiger partial charge in [-0.1, -0.05) is 13.3 Å². The molecule has 1 heterocycles. The van der Waals surface area contributed by atoms with Gasteiger partial charge in [-0.05, 0) is 25.5 Å². The van der Waals surface area contributed by atoms with E-state index in [-0.39, 0.29) is 18.2 Å². The minimum atomic E-state index is -0.886. The molecule has 0 saturated heterocycles. The fourth-order valence-electron chi connectivity index (χ4n) is 1.52. The van der Waals surface area contributed by atoms with Crippen LogP contribution in [-0.2, 0) is 4.79 Å². The van der Waals surface area contributed by atoms with E-state index >= 15 is 0 Å². The summed E-state index contributed by atoms with van der Waals surface area (Å²) < 4.78 is 5.14. The summed E-state index contributed by atoms with van der Waals surface area (Å²) in [5.74, 6) is -0.940. The Morgan fingerprint density at radius 2 is 2.18 bits per heavy atom. The first kappa shape index (κ1) is 13.3. The number of rotatable bonds is 6. The molecule has 1 aromatic rings. The van der Waals surface area contributed by atoms with Crippen molar-refractivity contribution in [3.8, 4) is 0 Å². The molecule has 17 heavy (non-hydrogen) atoms. The lowest BCUT2D eigenvalue weighted by molar-refractivity contribution is -0.141. The van der Waals surface area contributed by atoms with Crippen molar-refractivity contribution in [2.75, 3.05) is 6.54 Å². The molecule has 0 fully saturated rings. The number of hydrogen-bond acceptors (Lipinski definition) is 3. The monoisotopic (exact) mass is 239 g/mol. The van der Waals surface area contributed by atoms with Crippen molar-refractivity contribution in [2.45, 2.75) is 26.7 Å². The number of nitrogens with one attached hydrogen (secondary N) is 1. The molecule has 94 valence electrons. The summed E-state index contributed by atoms with van der Waals surface area (Å²) in [5, 5.41) is 11.5. The van der Waals surface area contributed by atoms with Gasteiger partial charge < -0.3 is 14.8 Å². The molecule has 0 aromatic carbocycles. The molecule has 0 radical (unpaired) electrons. The number of aryl methyl sites for hydroxylation is 1. The van der Waals surface area contributed by atoms with E-state index in [4.69, 9.17) is 9.52 Å². The first-order valence-electron chi connectivity index (χ1n) is 5.62. The molecule has 1 atom stereocenters. The molecular formula is C12H17NO4. The Kier molecular flexibility index (Phi) is 4.75. The van der Waals surface area contributed by atoms with E-state index in [9.17, 15) is 9.59 Å². The maximum Gasteiger partial charge on any atom is 0.308 e. The third kappa shape index (κ3) is 3.94. The van der Waals surface area contributed by atoms with Gasteiger partial charge in [-0.25, -0.2) is 0 Å². The molecular weight excluding hydrogens is 222 g/mol. The summed E-state index contributed by atoms with van der Waals surface area (Å²) in [6.07, 6.45) is 1.32. The number of aliphatic carboxylic acids is 1. The van der Waals surface area contributed by atoms with Crippen LogP contribution in [0.15, 0.2) is 16.5 Å². The Morgan fingerprint density at radius 3 is 2.65 bits per heavy atom. The van der Waals surface area contributed by atoms with E-state index in [2.05, 4.69) is 5.32 Å².